The molecule has 9 heteroatoms. The topological polar surface area (TPSA) is 86.5 Å². The van der Waals surface area contributed by atoms with Gasteiger partial charge in [-0.2, -0.15) is 0 Å². The molecule has 0 aliphatic rings. The molecule has 4 rings (SSSR count). The van der Waals surface area contributed by atoms with E-state index in [4.69, 9.17) is 37.8 Å². The zero-order chi connectivity index (χ0) is 27.4. The molecule has 0 spiro atoms. The highest BCUT2D eigenvalue weighted by Gasteiger charge is 2.21. The molecule has 38 heavy (non-hydrogen) atoms. The number of para-hydroxylation sites is 1. The van der Waals surface area contributed by atoms with Crippen LogP contribution in [-0.4, -0.2) is 26.1 Å². The number of rotatable bonds is 10. The van der Waals surface area contributed by atoms with E-state index in [2.05, 4.69) is 10.3 Å². The monoisotopic (exact) mass is 553 g/mol. The molecule has 1 unspecified atom stereocenters. The summed E-state index contributed by atoms with van der Waals surface area (Å²) < 4.78 is 13.9. The summed E-state index contributed by atoms with van der Waals surface area (Å²) in [5.41, 5.74) is 4.84. The van der Waals surface area contributed by atoms with Crippen molar-refractivity contribution in [2.75, 3.05) is 0 Å². The Hall–Kier alpha value is -3.55. The summed E-state index contributed by atoms with van der Waals surface area (Å²) in [6, 6.07) is 18.3. The number of hydrogen-bond donors (Lipinski definition) is 1. The lowest BCUT2D eigenvalue weighted by Crippen LogP contribution is -2.10. The van der Waals surface area contributed by atoms with Crippen LogP contribution in [0.1, 0.15) is 60.9 Å². The van der Waals surface area contributed by atoms with E-state index in [1.54, 1.807) is 41.1 Å². The van der Waals surface area contributed by atoms with Gasteiger partial charge in [0.1, 0.15) is 35.6 Å². The normalized spacial score (nSPS) is 12.0. The number of benzene rings is 3. The van der Waals surface area contributed by atoms with Crippen molar-refractivity contribution in [2.24, 2.45) is 0 Å². The standard InChI is InChI=1S/C29H29Cl2N3O4/c1-17(2)28-26(34(33-32-28)29-24(30)9-6-10-25(29)31)16-37-21-11-12-23(18(3)13-21)19(4)38-22-8-5-7-20(14-22)15-27(35)36/h5-14,17,19H,15-16H2,1-4H3,(H,35,36). The van der Waals surface area contributed by atoms with Gasteiger partial charge in [-0.05, 0) is 72.9 Å². The Morgan fingerprint density at radius 1 is 1.00 bits per heavy atom. The van der Waals surface area contributed by atoms with Crippen LogP contribution < -0.4 is 9.47 Å². The summed E-state index contributed by atoms with van der Waals surface area (Å²) in [4.78, 5) is 11.0. The van der Waals surface area contributed by atoms with Crippen LogP contribution in [0.2, 0.25) is 10.0 Å². The minimum absolute atomic E-state index is 0.0493. The van der Waals surface area contributed by atoms with Crippen LogP contribution in [0.3, 0.4) is 0 Å². The molecule has 4 aromatic rings. The van der Waals surface area contributed by atoms with E-state index in [9.17, 15) is 4.79 Å². The largest absolute Gasteiger partial charge is 0.487 e. The third kappa shape index (κ3) is 6.29. The second-order valence-electron chi connectivity index (χ2n) is 9.34. The number of aryl methyl sites for hydroxylation is 1. The van der Waals surface area contributed by atoms with Crippen molar-refractivity contribution in [3.63, 3.8) is 0 Å². The van der Waals surface area contributed by atoms with Crippen LogP contribution in [0.15, 0.2) is 60.7 Å². The van der Waals surface area contributed by atoms with Gasteiger partial charge >= 0.3 is 5.97 Å². The van der Waals surface area contributed by atoms with Crippen LogP contribution in [0, 0.1) is 6.92 Å². The molecule has 0 amide bonds. The average Bonchev–Trinajstić information content (AvgIpc) is 3.26. The highest BCUT2D eigenvalue weighted by atomic mass is 35.5. The number of aromatic nitrogens is 3. The van der Waals surface area contributed by atoms with Crippen molar-refractivity contribution < 1.29 is 19.4 Å². The first-order valence-electron chi connectivity index (χ1n) is 12.2. The van der Waals surface area contributed by atoms with Gasteiger partial charge in [0.25, 0.3) is 0 Å². The molecule has 0 radical (unpaired) electrons. The number of hydrogen-bond acceptors (Lipinski definition) is 5. The molecule has 0 saturated heterocycles. The first-order valence-corrected chi connectivity index (χ1v) is 13.0. The molecule has 1 atom stereocenters. The highest BCUT2D eigenvalue weighted by molar-refractivity contribution is 6.37. The van der Waals surface area contributed by atoms with Gasteiger partial charge in [-0.25, -0.2) is 4.68 Å². The lowest BCUT2D eigenvalue weighted by molar-refractivity contribution is -0.136. The quantitative estimate of drug-likeness (QED) is 0.221. The molecular weight excluding hydrogens is 525 g/mol. The SMILES string of the molecule is Cc1cc(OCc2c(C(C)C)nnn2-c2c(Cl)cccc2Cl)ccc1C(C)Oc1cccc(CC(=O)O)c1. The van der Waals surface area contributed by atoms with Gasteiger partial charge < -0.3 is 14.6 Å². The third-order valence-corrected chi connectivity index (χ3v) is 6.72. The number of aliphatic carboxylic acids is 1. The first kappa shape index (κ1) is 27.5. The Labute approximate surface area is 231 Å². The van der Waals surface area contributed by atoms with Crippen molar-refractivity contribution >= 4 is 29.2 Å². The van der Waals surface area contributed by atoms with E-state index < -0.39 is 5.97 Å². The molecule has 1 N–H and O–H groups in total. The molecule has 0 aliphatic heterocycles. The minimum atomic E-state index is -0.879. The van der Waals surface area contributed by atoms with E-state index in [-0.39, 0.29) is 25.0 Å². The summed E-state index contributed by atoms with van der Waals surface area (Å²) in [6.45, 7) is 8.27. The predicted molar refractivity (Wildman–Crippen MR) is 148 cm³/mol. The van der Waals surface area contributed by atoms with Crippen molar-refractivity contribution in [3.05, 3.63) is 98.8 Å². The van der Waals surface area contributed by atoms with E-state index >= 15 is 0 Å². The Kier molecular flexibility index (Phi) is 8.59. The maximum Gasteiger partial charge on any atom is 0.307 e. The van der Waals surface area contributed by atoms with Gasteiger partial charge in [0.05, 0.1) is 22.2 Å². The maximum absolute atomic E-state index is 11.0. The Morgan fingerprint density at radius 3 is 2.37 bits per heavy atom. The van der Waals surface area contributed by atoms with Gasteiger partial charge in [-0.3, -0.25) is 4.79 Å². The zero-order valence-corrected chi connectivity index (χ0v) is 23.1. The molecule has 0 saturated carbocycles. The first-order chi connectivity index (χ1) is 18.1. The highest BCUT2D eigenvalue weighted by Crippen LogP contribution is 2.32. The number of ether oxygens (including phenoxy) is 2. The summed E-state index contributed by atoms with van der Waals surface area (Å²) in [7, 11) is 0. The third-order valence-electron chi connectivity index (χ3n) is 6.11. The van der Waals surface area contributed by atoms with Crippen LogP contribution >= 0.6 is 23.2 Å². The van der Waals surface area contributed by atoms with Gasteiger partial charge in [0.15, 0.2) is 0 Å². The molecule has 1 heterocycles. The van der Waals surface area contributed by atoms with Crippen LogP contribution in [-0.2, 0) is 17.8 Å². The number of carboxylic acid groups (broad SMARTS) is 1. The molecule has 0 bridgehead atoms. The fourth-order valence-electron chi connectivity index (χ4n) is 4.28. The lowest BCUT2D eigenvalue weighted by atomic mass is 10.0. The molecule has 3 aromatic carbocycles. The fraction of sp³-hybridized carbons (Fsp3) is 0.276. The summed E-state index contributed by atoms with van der Waals surface area (Å²) >= 11 is 12.9. The van der Waals surface area contributed by atoms with Crippen molar-refractivity contribution in [1.82, 2.24) is 15.0 Å². The molecule has 0 aliphatic carbocycles. The van der Waals surface area contributed by atoms with Gasteiger partial charge in [-0.15, -0.1) is 5.10 Å². The van der Waals surface area contributed by atoms with Gasteiger partial charge in [0.2, 0.25) is 0 Å². The molecule has 0 fully saturated rings. The Morgan fingerprint density at radius 2 is 1.71 bits per heavy atom. The number of carbonyl (C=O) groups is 1. The number of carboxylic acids is 1. The summed E-state index contributed by atoms with van der Waals surface area (Å²) in [5.74, 6) is 0.557. The predicted octanol–water partition coefficient (Wildman–Crippen LogP) is 7.35. The average molecular weight is 554 g/mol. The lowest BCUT2D eigenvalue weighted by Gasteiger charge is -2.19. The maximum atomic E-state index is 11.0. The number of nitrogens with zero attached hydrogens (tertiary/aromatic N) is 3. The van der Waals surface area contributed by atoms with E-state index in [0.29, 0.717) is 32.8 Å². The van der Waals surface area contributed by atoms with E-state index in [1.165, 1.54) is 0 Å². The molecule has 1 aromatic heterocycles. The van der Waals surface area contributed by atoms with Crippen molar-refractivity contribution in [2.45, 2.75) is 52.7 Å². The fourth-order valence-corrected chi connectivity index (χ4v) is 4.84. The smallest absolute Gasteiger partial charge is 0.307 e. The van der Waals surface area contributed by atoms with Crippen LogP contribution in [0.4, 0.5) is 0 Å². The molecule has 198 valence electrons. The van der Waals surface area contributed by atoms with Gasteiger partial charge in [-0.1, -0.05) is 66.5 Å². The summed E-state index contributed by atoms with van der Waals surface area (Å²) in [5, 5.41) is 18.7. The van der Waals surface area contributed by atoms with Crippen molar-refractivity contribution in [1.29, 1.82) is 0 Å². The summed E-state index contributed by atoms with van der Waals surface area (Å²) in [6.07, 6.45) is -0.295. The van der Waals surface area contributed by atoms with Crippen LogP contribution in [0.25, 0.3) is 5.69 Å². The van der Waals surface area contributed by atoms with Crippen LogP contribution in [0.5, 0.6) is 11.5 Å². The van der Waals surface area contributed by atoms with Gasteiger partial charge in [0, 0.05) is 0 Å². The van der Waals surface area contributed by atoms with Crippen molar-refractivity contribution in [3.8, 4) is 17.2 Å². The zero-order valence-electron chi connectivity index (χ0n) is 21.6. The molecule has 7 nitrogen and oxygen atoms in total. The molecular formula is C29H29Cl2N3O4. The van der Waals surface area contributed by atoms with E-state index in [0.717, 1.165) is 22.5 Å². The second-order valence-corrected chi connectivity index (χ2v) is 10.2. The Bertz CT molecular complexity index is 1430. The second kappa shape index (κ2) is 11.9. The minimum Gasteiger partial charge on any atom is -0.487 e. The van der Waals surface area contributed by atoms with E-state index in [1.807, 2.05) is 52.0 Å². The Balaban J connectivity index is 1.52. The number of halogens is 2.